The molecule has 0 amide bonds. The molecule has 0 saturated carbocycles. The first kappa shape index (κ1) is 18.2. The van der Waals surface area contributed by atoms with Gasteiger partial charge < -0.3 is 9.47 Å². The lowest BCUT2D eigenvalue weighted by molar-refractivity contribution is 0.171. The highest BCUT2D eigenvalue weighted by atomic mass is 35.5. The summed E-state index contributed by atoms with van der Waals surface area (Å²) in [6, 6.07) is 9.78. The van der Waals surface area contributed by atoms with E-state index < -0.39 is 10.0 Å². The third-order valence-electron chi connectivity index (χ3n) is 3.71. The summed E-state index contributed by atoms with van der Waals surface area (Å²) in [5.74, 6) is 1.54. The van der Waals surface area contributed by atoms with Gasteiger partial charge in [0.2, 0.25) is 0 Å². The lowest BCUT2D eigenvalue weighted by atomic mass is 10.1. The van der Waals surface area contributed by atoms with Gasteiger partial charge in [0.25, 0.3) is 10.0 Å². The first-order chi connectivity index (χ1) is 12.0. The van der Waals surface area contributed by atoms with E-state index in [1.165, 1.54) is 6.07 Å². The van der Waals surface area contributed by atoms with Crippen LogP contribution < -0.4 is 14.2 Å². The molecule has 25 heavy (non-hydrogen) atoms. The summed E-state index contributed by atoms with van der Waals surface area (Å²) in [5.41, 5.74) is 1.29. The van der Waals surface area contributed by atoms with Crippen LogP contribution in [0, 0.1) is 0 Å². The molecule has 1 N–H and O–H groups in total. The molecule has 1 aliphatic rings. The number of hydrogen-bond acceptors (Lipinski definition) is 4. The number of ether oxygens (including phenoxy) is 2. The van der Waals surface area contributed by atoms with Crippen molar-refractivity contribution in [3.8, 4) is 11.5 Å². The SMILES string of the molecule is O=S(=O)(Nc1cc2c(cc1Cl)OCCO2)c1ccc(CCCCl)cc1. The van der Waals surface area contributed by atoms with Gasteiger partial charge in [-0.25, -0.2) is 8.42 Å². The van der Waals surface area contributed by atoms with Crippen molar-refractivity contribution in [2.24, 2.45) is 0 Å². The zero-order valence-electron chi connectivity index (χ0n) is 13.3. The molecule has 134 valence electrons. The molecule has 8 heteroatoms. The highest BCUT2D eigenvalue weighted by molar-refractivity contribution is 7.92. The van der Waals surface area contributed by atoms with Gasteiger partial charge in [0.15, 0.2) is 11.5 Å². The summed E-state index contributed by atoms with van der Waals surface area (Å²) < 4.78 is 38.6. The van der Waals surface area contributed by atoms with E-state index in [1.807, 2.05) is 0 Å². The summed E-state index contributed by atoms with van der Waals surface area (Å²) in [5, 5.41) is 0.242. The lowest BCUT2D eigenvalue weighted by Crippen LogP contribution is -2.17. The second kappa shape index (κ2) is 7.72. The molecule has 1 aliphatic heterocycles. The number of fused-ring (bicyclic) bond motifs is 1. The van der Waals surface area contributed by atoms with Crippen molar-refractivity contribution in [3.63, 3.8) is 0 Å². The molecular formula is C17H17Cl2NO4S. The summed E-state index contributed by atoms with van der Waals surface area (Å²) in [4.78, 5) is 0.160. The van der Waals surface area contributed by atoms with Crippen LogP contribution in [0.3, 0.4) is 0 Å². The van der Waals surface area contributed by atoms with Crippen LogP contribution in [0.2, 0.25) is 5.02 Å². The predicted octanol–water partition coefficient (Wildman–Crippen LogP) is 4.08. The summed E-state index contributed by atoms with van der Waals surface area (Å²) in [7, 11) is -3.76. The Hall–Kier alpha value is -1.63. The fourth-order valence-corrected chi connectivity index (χ4v) is 3.91. The molecule has 3 rings (SSSR count). The molecule has 5 nitrogen and oxygen atoms in total. The van der Waals surface area contributed by atoms with Crippen LogP contribution in [0.25, 0.3) is 0 Å². The minimum Gasteiger partial charge on any atom is -0.486 e. The lowest BCUT2D eigenvalue weighted by Gasteiger charge is -2.20. The van der Waals surface area contributed by atoms with Gasteiger partial charge in [0, 0.05) is 18.0 Å². The molecule has 0 fully saturated rings. The van der Waals surface area contributed by atoms with Gasteiger partial charge in [-0.2, -0.15) is 0 Å². The monoisotopic (exact) mass is 401 g/mol. The molecule has 0 saturated heterocycles. The number of alkyl halides is 1. The molecule has 2 aromatic carbocycles. The number of halogens is 2. The van der Waals surface area contributed by atoms with Gasteiger partial charge in [-0.15, -0.1) is 11.6 Å². The highest BCUT2D eigenvalue weighted by Gasteiger charge is 2.20. The normalized spacial score (nSPS) is 13.5. The van der Waals surface area contributed by atoms with Crippen molar-refractivity contribution in [2.45, 2.75) is 17.7 Å². The van der Waals surface area contributed by atoms with Gasteiger partial charge in [-0.1, -0.05) is 23.7 Å². The van der Waals surface area contributed by atoms with Crippen LogP contribution in [0.4, 0.5) is 5.69 Å². The van der Waals surface area contributed by atoms with Crippen molar-refractivity contribution in [2.75, 3.05) is 23.8 Å². The molecule has 2 aromatic rings. The zero-order chi connectivity index (χ0) is 17.9. The van der Waals surface area contributed by atoms with Crippen LogP contribution in [0.1, 0.15) is 12.0 Å². The zero-order valence-corrected chi connectivity index (χ0v) is 15.6. The quantitative estimate of drug-likeness (QED) is 0.740. The van der Waals surface area contributed by atoms with Crippen LogP contribution in [-0.2, 0) is 16.4 Å². The van der Waals surface area contributed by atoms with Crippen LogP contribution in [0.5, 0.6) is 11.5 Å². The maximum Gasteiger partial charge on any atom is 0.261 e. The maximum atomic E-state index is 12.6. The standard InChI is InChI=1S/C17H17Cl2NO4S/c18-7-1-2-12-3-5-13(6-4-12)25(21,22)20-15-11-17-16(10-14(15)19)23-8-9-24-17/h3-6,10-11,20H,1-2,7-9H2. The van der Waals surface area contributed by atoms with E-state index in [1.54, 1.807) is 30.3 Å². The third-order valence-corrected chi connectivity index (χ3v) is 5.67. The van der Waals surface area contributed by atoms with Crippen molar-refractivity contribution >= 4 is 38.9 Å². The van der Waals surface area contributed by atoms with Gasteiger partial charge in [-0.05, 0) is 30.5 Å². The predicted molar refractivity (Wildman–Crippen MR) is 98.7 cm³/mol. The number of nitrogens with one attached hydrogen (secondary N) is 1. The van der Waals surface area contributed by atoms with Gasteiger partial charge >= 0.3 is 0 Å². The summed E-state index contributed by atoms with van der Waals surface area (Å²) in [6.45, 7) is 0.842. The van der Waals surface area contributed by atoms with Gasteiger partial charge in [0.1, 0.15) is 13.2 Å². The van der Waals surface area contributed by atoms with E-state index in [0.717, 1.165) is 18.4 Å². The van der Waals surface area contributed by atoms with Crippen molar-refractivity contribution in [1.82, 2.24) is 0 Å². The number of hydrogen-bond donors (Lipinski definition) is 1. The largest absolute Gasteiger partial charge is 0.486 e. The fraction of sp³-hybridized carbons (Fsp3) is 0.294. The Kier molecular flexibility index (Phi) is 5.61. The number of aryl methyl sites for hydroxylation is 1. The molecule has 0 aliphatic carbocycles. The Morgan fingerprint density at radius 1 is 1.04 bits per heavy atom. The molecule has 0 spiro atoms. The van der Waals surface area contributed by atoms with E-state index >= 15 is 0 Å². The maximum absolute atomic E-state index is 12.6. The van der Waals surface area contributed by atoms with E-state index in [0.29, 0.717) is 30.6 Å². The Morgan fingerprint density at radius 2 is 1.68 bits per heavy atom. The van der Waals surface area contributed by atoms with Gasteiger partial charge in [0.05, 0.1) is 15.6 Å². The Bertz CT molecular complexity index is 854. The summed E-state index contributed by atoms with van der Waals surface area (Å²) >= 11 is 11.8. The second-order valence-corrected chi connectivity index (χ2v) is 7.99. The van der Waals surface area contributed by atoms with E-state index in [2.05, 4.69) is 4.72 Å². The fourth-order valence-electron chi connectivity index (χ4n) is 2.45. The number of sulfonamides is 1. The average molecular weight is 402 g/mol. The minimum atomic E-state index is -3.76. The number of anilines is 1. The second-order valence-electron chi connectivity index (χ2n) is 5.52. The topological polar surface area (TPSA) is 64.6 Å². The minimum absolute atomic E-state index is 0.160. The van der Waals surface area contributed by atoms with Crippen molar-refractivity contribution in [3.05, 3.63) is 47.0 Å². The van der Waals surface area contributed by atoms with E-state index in [4.69, 9.17) is 32.7 Å². The first-order valence-electron chi connectivity index (χ1n) is 7.76. The van der Waals surface area contributed by atoms with Crippen LogP contribution >= 0.6 is 23.2 Å². The molecule has 0 radical (unpaired) electrons. The Morgan fingerprint density at radius 3 is 2.32 bits per heavy atom. The number of rotatable bonds is 6. The average Bonchev–Trinajstić information content (AvgIpc) is 2.61. The Balaban J connectivity index is 1.81. The molecule has 0 aromatic heterocycles. The van der Waals surface area contributed by atoms with Crippen LogP contribution in [0.15, 0.2) is 41.3 Å². The van der Waals surface area contributed by atoms with Crippen LogP contribution in [-0.4, -0.2) is 27.5 Å². The molecule has 0 bridgehead atoms. The van der Waals surface area contributed by atoms with Crippen molar-refractivity contribution in [1.29, 1.82) is 0 Å². The Labute approximate surface area is 156 Å². The first-order valence-corrected chi connectivity index (χ1v) is 10.2. The molecular weight excluding hydrogens is 385 g/mol. The molecule has 1 heterocycles. The third kappa shape index (κ3) is 4.32. The molecule has 0 unspecified atom stereocenters. The van der Waals surface area contributed by atoms with E-state index in [-0.39, 0.29) is 15.6 Å². The highest BCUT2D eigenvalue weighted by Crippen LogP contribution is 2.38. The number of benzene rings is 2. The van der Waals surface area contributed by atoms with Crippen molar-refractivity contribution < 1.29 is 17.9 Å². The summed E-state index contributed by atoms with van der Waals surface area (Å²) in [6.07, 6.45) is 1.66. The molecule has 0 atom stereocenters. The van der Waals surface area contributed by atoms with Gasteiger partial charge in [-0.3, -0.25) is 4.72 Å². The van der Waals surface area contributed by atoms with E-state index in [9.17, 15) is 8.42 Å². The smallest absolute Gasteiger partial charge is 0.261 e.